The van der Waals surface area contributed by atoms with Gasteiger partial charge in [-0.3, -0.25) is 24.0 Å². The molecule has 0 unspecified atom stereocenters. The zero-order chi connectivity index (χ0) is 27.8. The van der Waals surface area contributed by atoms with E-state index in [0.29, 0.717) is 0 Å². The molecule has 15 heteroatoms. The first-order chi connectivity index (χ1) is 16.7. The second kappa shape index (κ2) is 13.1. The predicted molar refractivity (Wildman–Crippen MR) is 114 cm³/mol. The van der Waals surface area contributed by atoms with Crippen LogP contribution in [0.5, 0.6) is 0 Å². The summed E-state index contributed by atoms with van der Waals surface area (Å²) in [7, 11) is 1.94. The number of carbonyl (C=O) groups excluding carboxylic acids is 6. The monoisotopic (exact) mass is 521 g/mol. The Kier molecular flexibility index (Phi) is 11.2. The Balaban J connectivity index is 3.82. The number of hydrogen-bond acceptors (Lipinski definition) is 14. The van der Waals surface area contributed by atoms with Crippen molar-refractivity contribution in [2.75, 3.05) is 20.8 Å². The van der Waals surface area contributed by atoms with Crippen LogP contribution < -0.4 is 5.32 Å². The number of carbonyl (C=O) groups is 6. The largest absolute Gasteiger partial charge is 0.465 e. The lowest BCUT2D eigenvalue weighted by molar-refractivity contribution is -0.342. The first-order valence-corrected chi connectivity index (χ1v) is 10.6. The molecule has 1 aliphatic rings. The molecule has 15 nitrogen and oxygen atoms in total. The highest BCUT2D eigenvalue weighted by Crippen LogP contribution is 2.37. The van der Waals surface area contributed by atoms with Crippen LogP contribution >= 0.6 is 0 Å². The third-order valence-electron chi connectivity index (χ3n) is 4.93. The number of aliphatic hydroxyl groups is 1. The minimum absolute atomic E-state index is 0.640. The van der Waals surface area contributed by atoms with Gasteiger partial charge in [-0.25, -0.2) is 4.79 Å². The minimum atomic E-state index is -2.66. The zero-order valence-corrected chi connectivity index (χ0v) is 20.9. The summed E-state index contributed by atoms with van der Waals surface area (Å²) in [6, 6.07) is -1.51. The minimum Gasteiger partial charge on any atom is -0.465 e. The molecular formula is C21H31NO14. The molecule has 2 N–H and O–H groups in total. The number of esters is 5. The normalized spacial score (nSPS) is 27.0. The maximum absolute atomic E-state index is 12.7. The fourth-order valence-corrected chi connectivity index (χ4v) is 3.66. The average molecular weight is 521 g/mol. The highest BCUT2D eigenvalue weighted by atomic mass is 16.8. The first-order valence-electron chi connectivity index (χ1n) is 10.6. The van der Waals surface area contributed by atoms with Gasteiger partial charge in [0, 0.05) is 41.7 Å². The Labute approximate surface area is 206 Å². The van der Waals surface area contributed by atoms with Gasteiger partial charge < -0.3 is 43.6 Å². The molecule has 0 aliphatic carbocycles. The number of ether oxygens (including phenoxy) is 7. The van der Waals surface area contributed by atoms with Crippen molar-refractivity contribution < 1.29 is 67.0 Å². The summed E-state index contributed by atoms with van der Waals surface area (Å²) in [5.41, 5.74) is 0. The third-order valence-corrected chi connectivity index (χ3v) is 4.93. The van der Waals surface area contributed by atoms with E-state index in [9.17, 15) is 33.9 Å². The standard InChI is InChI=1S/C21H31NO14/c1-9(23)22-15-17(16(34-12(4)26)14(33-11(3)25)8-32-10(2)24)36-21(31-7,20(29)30-6)19(28)18(15)35-13(5)27/h14-19,28H,8H2,1-7H3,(H,22,23)/t14-,15+,16-,17-,18-,19+,21+/m1/s1. The summed E-state index contributed by atoms with van der Waals surface area (Å²) in [5, 5.41) is 13.4. The van der Waals surface area contributed by atoms with Crippen molar-refractivity contribution in [1.29, 1.82) is 0 Å². The molecule has 0 saturated carbocycles. The molecule has 0 aromatic rings. The molecule has 0 bridgehead atoms. The fourth-order valence-electron chi connectivity index (χ4n) is 3.66. The van der Waals surface area contributed by atoms with E-state index < -0.39 is 84.7 Å². The maximum Gasteiger partial charge on any atom is 0.369 e. The van der Waals surface area contributed by atoms with E-state index in [0.717, 1.165) is 48.8 Å². The lowest BCUT2D eigenvalue weighted by atomic mass is 9.86. The Morgan fingerprint density at radius 3 is 1.92 bits per heavy atom. The van der Waals surface area contributed by atoms with Crippen LogP contribution in [0.1, 0.15) is 34.6 Å². The summed E-state index contributed by atoms with van der Waals surface area (Å²) in [5.74, 6) is -8.14. The van der Waals surface area contributed by atoms with Crippen LogP contribution in [-0.4, -0.2) is 104 Å². The van der Waals surface area contributed by atoms with Gasteiger partial charge in [-0.1, -0.05) is 0 Å². The summed E-state index contributed by atoms with van der Waals surface area (Å²) < 4.78 is 36.3. The van der Waals surface area contributed by atoms with Gasteiger partial charge in [-0.15, -0.1) is 0 Å². The van der Waals surface area contributed by atoms with Gasteiger partial charge in [0.25, 0.3) is 5.79 Å². The van der Waals surface area contributed by atoms with E-state index in [4.69, 9.17) is 33.2 Å². The van der Waals surface area contributed by atoms with Crippen molar-refractivity contribution in [3.05, 3.63) is 0 Å². The molecule has 1 rings (SSSR count). The van der Waals surface area contributed by atoms with Crippen LogP contribution in [0.15, 0.2) is 0 Å². The van der Waals surface area contributed by atoms with Crippen LogP contribution in [-0.2, 0) is 61.9 Å². The molecule has 0 aromatic heterocycles. The smallest absolute Gasteiger partial charge is 0.369 e. The predicted octanol–water partition coefficient (Wildman–Crippen LogP) is -1.88. The summed E-state index contributed by atoms with van der Waals surface area (Å²) >= 11 is 0. The molecule has 0 aromatic carbocycles. The van der Waals surface area contributed by atoms with E-state index in [1.54, 1.807) is 0 Å². The van der Waals surface area contributed by atoms with Crippen molar-refractivity contribution >= 4 is 35.8 Å². The Morgan fingerprint density at radius 2 is 1.50 bits per heavy atom. The number of amides is 1. The van der Waals surface area contributed by atoms with E-state index >= 15 is 0 Å². The van der Waals surface area contributed by atoms with Crippen molar-refractivity contribution in [2.24, 2.45) is 0 Å². The van der Waals surface area contributed by atoms with E-state index in [-0.39, 0.29) is 0 Å². The first kappa shape index (κ1) is 30.7. The fraction of sp³-hybridized carbons (Fsp3) is 0.714. The average Bonchev–Trinajstić information content (AvgIpc) is 2.76. The van der Waals surface area contributed by atoms with Gasteiger partial charge in [0.2, 0.25) is 5.91 Å². The molecule has 1 saturated heterocycles. The van der Waals surface area contributed by atoms with Gasteiger partial charge in [-0.2, -0.15) is 0 Å². The number of nitrogens with one attached hydrogen (secondary N) is 1. The van der Waals surface area contributed by atoms with Crippen LogP contribution in [0.4, 0.5) is 0 Å². The molecule has 0 spiro atoms. The van der Waals surface area contributed by atoms with Crippen LogP contribution in [0.25, 0.3) is 0 Å². The van der Waals surface area contributed by atoms with E-state index in [1.807, 2.05) is 0 Å². The molecule has 7 atom stereocenters. The SMILES string of the molecule is COC(=O)[C@@]1(OC)O[C@@H]([C@H](OC(C)=O)[C@@H](COC(C)=O)OC(C)=O)[C@H](NC(C)=O)[C@@H](OC(C)=O)[C@@H]1O. The number of hydrogen-bond donors (Lipinski definition) is 2. The van der Waals surface area contributed by atoms with Gasteiger partial charge in [0.1, 0.15) is 12.7 Å². The van der Waals surface area contributed by atoms with E-state index in [2.05, 4.69) is 5.32 Å². The molecule has 1 amide bonds. The summed E-state index contributed by atoms with van der Waals surface area (Å²) in [6.07, 6.45) is -8.74. The quantitative estimate of drug-likeness (QED) is 0.239. The Bertz CT molecular complexity index is 860. The number of aliphatic hydroxyl groups excluding tert-OH is 1. The summed E-state index contributed by atoms with van der Waals surface area (Å²) in [4.78, 5) is 71.9. The van der Waals surface area contributed by atoms with Crippen LogP contribution in [0, 0.1) is 0 Å². The third kappa shape index (κ3) is 7.60. The second-order valence-corrected chi connectivity index (χ2v) is 7.72. The van der Waals surface area contributed by atoms with Crippen molar-refractivity contribution in [1.82, 2.24) is 5.32 Å². The zero-order valence-electron chi connectivity index (χ0n) is 20.9. The second-order valence-electron chi connectivity index (χ2n) is 7.72. The molecule has 36 heavy (non-hydrogen) atoms. The lowest BCUT2D eigenvalue weighted by Crippen LogP contribution is -2.75. The van der Waals surface area contributed by atoms with Gasteiger partial charge in [-0.05, 0) is 0 Å². The maximum atomic E-state index is 12.7. The van der Waals surface area contributed by atoms with Gasteiger partial charge >= 0.3 is 29.8 Å². The molecule has 1 aliphatic heterocycles. The van der Waals surface area contributed by atoms with Crippen molar-refractivity contribution in [3.63, 3.8) is 0 Å². The lowest BCUT2D eigenvalue weighted by Gasteiger charge is -2.50. The highest BCUT2D eigenvalue weighted by molar-refractivity contribution is 5.80. The number of methoxy groups -OCH3 is 2. The molecule has 1 fully saturated rings. The summed E-state index contributed by atoms with van der Waals surface area (Å²) in [6.45, 7) is 4.55. The van der Waals surface area contributed by atoms with E-state index in [1.165, 1.54) is 0 Å². The molecular weight excluding hydrogens is 490 g/mol. The highest BCUT2D eigenvalue weighted by Gasteiger charge is 2.64. The molecule has 1 heterocycles. The Hall–Kier alpha value is -3.30. The molecule has 0 radical (unpaired) electrons. The van der Waals surface area contributed by atoms with Gasteiger partial charge in [0.05, 0.1) is 13.2 Å². The van der Waals surface area contributed by atoms with Crippen LogP contribution in [0.3, 0.4) is 0 Å². The van der Waals surface area contributed by atoms with Crippen molar-refractivity contribution in [3.8, 4) is 0 Å². The van der Waals surface area contributed by atoms with Crippen molar-refractivity contribution in [2.45, 2.75) is 77.0 Å². The van der Waals surface area contributed by atoms with Crippen LogP contribution in [0.2, 0.25) is 0 Å². The molecule has 204 valence electrons. The van der Waals surface area contributed by atoms with Gasteiger partial charge in [0.15, 0.2) is 24.4 Å². The number of rotatable bonds is 10. The topological polar surface area (TPSA) is 199 Å². The Morgan fingerprint density at radius 1 is 0.917 bits per heavy atom.